The maximum atomic E-state index is 11.6. The van der Waals surface area contributed by atoms with Crippen molar-refractivity contribution in [2.24, 2.45) is 17.6 Å². The minimum atomic E-state index is -0.161. The molecular formula is C13H27N3O2. The maximum absolute atomic E-state index is 11.6. The van der Waals surface area contributed by atoms with Gasteiger partial charge in [0.25, 0.3) is 0 Å². The van der Waals surface area contributed by atoms with Gasteiger partial charge in [0.2, 0.25) is 11.8 Å². The molecule has 0 aromatic carbocycles. The molecule has 106 valence electrons. The predicted octanol–water partition coefficient (Wildman–Crippen LogP) is 0.638. The lowest BCUT2D eigenvalue weighted by Crippen LogP contribution is -2.40. The summed E-state index contributed by atoms with van der Waals surface area (Å²) >= 11 is 0. The zero-order valence-electron chi connectivity index (χ0n) is 12.0. The third-order valence-electron chi connectivity index (χ3n) is 2.51. The number of carbonyl (C=O) groups is 2. The van der Waals surface area contributed by atoms with Crippen molar-refractivity contribution in [1.82, 2.24) is 10.6 Å². The first-order valence-corrected chi connectivity index (χ1v) is 6.61. The van der Waals surface area contributed by atoms with E-state index in [0.29, 0.717) is 18.9 Å². The van der Waals surface area contributed by atoms with Crippen LogP contribution >= 0.6 is 0 Å². The Morgan fingerprint density at radius 3 is 2.17 bits per heavy atom. The van der Waals surface area contributed by atoms with Gasteiger partial charge in [-0.1, -0.05) is 13.8 Å². The van der Waals surface area contributed by atoms with Crippen LogP contribution in [0.3, 0.4) is 0 Å². The van der Waals surface area contributed by atoms with E-state index in [1.165, 1.54) is 0 Å². The first-order valence-electron chi connectivity index (χ1n) is 6.61. The predicted molar refractivity (Wildman–Crippen MR) is 72.9 cm³/mol. The van der Waals surface area contributed by atoms with Crippen LogP contribution in [0.1, 0.15) is 40.5 Å². The van der Waals surface area contributed by atoms with Crippen molar-refractivity contribution >= 4 is 11.8 Å². The minimum absolute atomic E-state index is 0.0377. The summed E-state index contributed by atoms with van der Waals surface area (Å²) in [5, 5.41) is 5.34. The molecule has 0 saturated carbocycles. The Morgan fingerprint density at radius 1 is 1.11 bits per heavy atom. The van der Waals surface area contributed by atoms with E-state index in [4.69, 9.17) is 5.73 Å². The lowest BCUT2D eigenvalue weighted by Gasteiger charge is -2.16. The molecule has 0 aliphatic heterocycles. The number of hydrogen-bond acceptors (Lipinski definition) is 3. The Balaban J connectivity index is 3.91. The molecule has 0 aromatic rings. The Kier molecular flexibility index (Phi) is 8.37. The Morgan fingerprint density at radius 2 is 1.72 bits per heavy atom. The van der Waals surface area contributed by atoms with E-state index < -0.39 is 0 Å². The van der Waals surface area contributed by atoms with Gasteiger partial charge >= 0.3 is 0 Å². The topological polar surface area (TPSA) is 84.2 Å². The summed E-state index contributed by atoms with van der Waals surface area (Å²) in [6.45, 7) is 8.52. The minimum Gasteiger partial charge on any atom is -0.352 e. The lowest BCUT2D eigenvalue weighted by molar-refractivity contribution is -0.126. The lowest BCUT2D eigenvalue weighted by atomic mass is 9.94. The molecule has 18 heavy (non-hydrogen) atoms. The van der Waals surface area contributed by atoms with Crippen molar-refractivity contribution in [3.63, 3.8) is 0 Å². The Labute approximate surface area is 110 Å². The average Bonchev–Trinajstić information content (AvgIpc) is 2.24. The molecule has 0 fully saturated rings. The summed E-state index contributed by atoms with van der Waals surface area (Å²) in [5.41, 5.74) is 5.63. The molecule has 0 rings (SSSR count). The van der Waals surface area contributed by atoms with Crippen LogP contribution in [0.5, 0.6) is 0 Å². The van der Waals surface area contributed by atoms with Crippen LogP contribution in [0.25, 0.3) is 0 Å². The number of nitrogens with one attached hydrogen (secondary N) is 2. The van der Waals surface area contributed by atoms with E-state index >= 15 is 0 Å². The highest BCUT2D eigenvalue weighted by molar-refractivity contribution is 5.84. The molecule has 0 saturated heterocycles. The number of hydrogen-bond donors (Lipinski definition) is 3. The van der Waals surface area contributed by atoms with E-state index in [1.807, 2.05) is 13.8 Å². The van der Waals surface area contributed by atoms with Crippen molar-refractivity contribution in [3.05, 3.63) is 0 Å². The van der Waals surface area contributed by atoms with Crippen molar-refractivity contribution < 1.29 is 9.59 Å². The van der Waals surface area contributed by atoms with Gasteiger partial charge in [0.1, 0.15) is 0 Å². The Bertz CT molecular complexity index is 265. The molecule has 5 heteroatoms. The van der Waals surface area contributed by atoms with Crippen molar-refractivity contribution in [1.29, 1.82) is 0 Å². The highest BCUT2D eigenvalue weighted by Gasteiger charge is 2.14. The highest BCUT2D eigenvalue weighted by Crippen LogP contribution is 2.13. The van der Waals surface area contributed by atoms with Crippen molar-refractivity contribution in [3.8, 4) is 0 Å². The van der Waals surface area contributed by atoms with Crippen LogP contribution in [0.2, 0.25) is 0 Å². The van der Waals surface area contributed by atoms with Crippen molar-refractivity contribution in [2.75, 3.05) is 13.1 Å². The maximum Gasteiger partial charge on any atom is 0.239 e. The fourth-order valence-electron chi connectivity index (χ4n) is 1.82. The first kappa shape index (κ1) is 16.9. The van der Waals surface area contributed by atoms with E-state index in [1.54, 1.807) is 0 Å². The van der Waals surface area contributed by atoms with Gasteiger partial charge in [0, 0.05) is 12.5 Å². The monoisotopic (exact) mass is 257 g/mol. The van der Waals surface area contributed by atoms with Gasteiger partial charge in [-0.3, -0.25) is 9.59 Å². The fourth-order valence-corrected chi connectivity index (χ4v) is 1.82. The summed E-state index contributed by atoms with van der Waals surface area (Å²) in [7, 11) is 0. The first-order chi connectivity index (χ1) is 8.35. The molecule has 1 atom stereocenters. The summed E-state index contributed by atoms with van der Waals surface area (Å²) in [5.74, 6) is 0.449. The Hall–Kier alpha value is -1.10. The quantitative estimate of drug-likeness (QED) is 0.596. The third kappa shape index (κ3) is 8.98. The van der Waals surface area contributed by atoms with Gasteiger partial charge < -0.3 is 16.4 Å². The number of rotatable bonds is 8. The molecule has 2 amide bonds. The van der Waals surface area contributed by atoms with Gasteiger partial charge in [0.15, 0.2) is 0 Å². The van der Waals surface area contributed by atoms with E-state index in [-0.39, 0.29) is 30.3 Å². The number of carbonyl (C=O) groups excluding carboxylic acids is 2. The summed E-state index contributed by atoms with van der Waals surface area (Å²) in [4.78, 5) is 23.0. The van der Waals surface area contributed by atoms with Crippen LogP contribution in [0, 0.1) is 11.8 Å². The molecule has 0 radical (unpaired) electrons. The van der Waals surface area contributed by atoms with Gasteiger partial charge in [-0.15, -0.1) is 0 Å². The largest absolute Gasteiger partial charge is 0.352 e. The highest BCUT2D eigenvalue weighted by atomic mass is 16.2. The van der Waals surface area contributed by atoms with Crippen LogP contribution in [0.15, 0.2) is 0 Å². The molecule has 0 aliphatic carbocycles. The second kappa shape index (κ2) is 8.91. The number of amides is 2. The molecule has 4 N–H and O–H groups in total. The van der Waals surface area contributed by atoms with Gasteiger partial charge in [-0.05, 0) is 38.6 Å². The summed E-state index contributed by atoms with van der Waals surface area (Å²) in [6, 6.07) is 0.0899. The summed E-state index contributed by atoms with van der Waals surface area (Å²) in [6.07, 6.45) is 1.33. The molecule has 0 bridgehead atoms. The van der Waals surface area contributed by atoms with Gasteiger partial charge in [0.05, 0.1) is 6.54 Å². The van der Waals surface area contributed by atoms with Crippen LogP contribution in [-0.2, 0) is 9.59 Å². The number of nitrogens with two attached hydrogens (primary N) is 1. The molecular weight excluding hydrogens is 230 g/mol. The van der Waals surface area contributed by atoms with Gasteiger partial charge in [-0.2, -0.15) is 0 Å². The zero-order chi connectivity index (χ0) is 14.1. The second-order valence-electron chi connectivity index (χ2n) is 5.43. The summed E-state index contributed by atoms with van der Waals surface area (Å²) < 4.78 is 0. The molecule has 5 nitrogen and oxygen atoms in total. The SMILES string of the molecule is CC(C)C[C@H](CN)CC(=O)NCC(=O)NC(C)C. The van der Waals surface area contributed by atoms with Crippen LogP contribution < -0.4 is 16.4 Å². The van der Waals surface area contributed by atoms with Crippen molar-refractivity contribution in [2.45, 2.75) is 46.6 Å². The molecule has 0 aliphatic rings. The van der Waals surface area contributed by atoms with Crippen LogP contribution in [-0.4, -0.2) is 30.9 Å². The smallest absolute Gasteiger partial charge is 0.239 e. The van der Waals surface area contributed by atoms with Crippen LogP contribution in [0.4, 0.5) is 0 Å². The van der Waals surface area contributed by atoms with E-state index in [0.717, 1.165) is 6.42 Å². The standard InChI is InChI=1S/C13H27N3O2/c1-9(2)5-11(7-14)6-12(17)15-8-13(18)16-10(3)4/h9-11H,5-8,14H2,1-4H3,(H,15,17)(H,16,18)/t11-/m0/s1. The normalized spacial score (nSPS) is 12.6. The fraction of sp³-hybridized carbons (Fsp3) is 0.846. The molecule has 0 unspecified atom stereocenters. The molecule has 0 aromatic heterocycles. The second-order valence-corrected chi connectivity index (χ2v) is 5.43. The zero-order valence-corrected chi connectivity index (χ0v) is 12.0. The van der Waals surface area contributed by atoms with E-state index in [2.05, 4.69) is 24.5 Å². The van der Waals surface area contributed by atoms with E-state index in [9.17, 15) is 9.59 Å². The van der Waals surface area contributed by atoms with Gasteiger partial charge in [-0.25, -0.2) is 0 Å². The third-order valence-corrected chi connectivity index (χ3v) is 2.51. The average molecular weight is 257 g/mol. The molecule has 0 spiro atoms. The molecule has 0 heterocycles.